The number of aromatic nitrogens is 1. The van der Waals surface area contributed by atoms with Crippen molar-refractivity contribution >= 4 is 39.1 Å². The summed E-state index contributed by atoms with van der Waals surface area (Å²) < 4.78 is 6.86. The number of rotatable bonds is 5. The lowest BCUT2D eigenvalue weighted by molar-refractivity contribution is -0.114. The molecule has 2 aromatic heterocycles. The zero-order valence-corrected chi connectivity index (χ0v) is 15.6. The van der Waals surface area contributed by atoms with E-state index in [0.29, 0.717) is 15.9 Å². The van der Waals surface area contributed by atoms with E-state index in [2.05, 4.69) is 5.32 Å². The minimum atomic E-state index is -0.723. The number of anilines is 1. The Labute approximate surface area is 158 Å². The Morgan fingerprint density at radius 3 is 2.78 bits per heavy atom. The van der Waals surface area contributed by atoms with Gasteiger partial charge >= 0.3 is 5.97 Å². The van der Waals surface area contributed by atoms with Crippen LogP contribution in [0.25, 0.3) is 10.2 Å². The molecule has 2 heterocycles. The van der Waals surface area contributed by atoms with Crippen molar-refractivity contribution in [2.45, 2.75) is 20.4 Å². The lowest BCUT2D eigenvalue weighted by Gasteiger charge is -2.13. The van der Waals surface area contributed by atoms with E-state index in [9.17, 15) is 19.5 Å². The number of esters is 1. The van der Waals surface area contributed by atoms with Gasteiger partial charge in [0.1, 0.15) is 5.56 Å². The Morgan fingerprint density at radius 1 is 1.30 bits per heavy atom. The second-order valence-corrected chi connectivity index (χ2v) is 6.77. The van der Waals surface area contributed by atoms with Crippen molar-refractivity contribution in [1.82, 2.24) is 4.57 Å². The van der Waals surface area contributed by atoms with Gasteiger partial charge in [0, 0.05) is 12.6 Å². The van der Waals surface area contributed by atoms with Crippen LogP contribution in [0.5, 0.6) is 5.75 Å². The highest BCUT2D eigenvalue weighted by Crippen LogP contribution is 2.30. The lowest BCUT2D eigenvalue weighted by atomic mass is 10.1. The topological polar surface area (TPSA) is 97.6 Å². The molecule has 0 atom stereocenters. The summed E-state index contributed by atoms with van der Waals surface area (Å²) in [4.78, 5) is 36.1. The zero-order valence-electron chi connectivity index (χ0n) is 14.8. The van der Waals surface area contributed by atoms with Crippen molar-refractivity contribution < 1.29 is 19.4 Å². The lowest BCUT2D eigenvalue weighted by Crippen LogP contribution is -2.23. The molecule has 8 heteroatoms. The van der Waals surface area contributed by atoms with Gasteiger partial charge in [-0.2, -0.15) is 0 Å². The largest absolute Gasteiger partial charge is 0.502 e. The van der Waals surface area contributed by atoms with Crippen LogP contribution < -0.4 is 10.9 Å². The average molecular weight is 386 g/mol. The fourth-order valence-corrected chi connectivity index (χ4v) is 3.77. The maximum Gasteiger partial charge on any atom is 0.343 e. The quantitative estimate of drug-likeness (QED) is 0.657. The van der Waals surface area contributed by atoms with Crippen LogP contribution in [0.15, 0.2) is 40.5 Å². The molecular formula is C19H18N2O5S. The van der Waals surface area contributed by atoms with Gasteiger partial charge in [0.05, 0.1) is 23.4 Å². The molecule has 0 bridgehead atoms. The monoisotopic (exact) mass is 386 g/mol. The first kappa shape index (κ1) is 18.7. The molecule has 0 unspecified atom stereocenters. The van der Waals surface area contributed by atoms with E-state index in [1.54, 1.807) is 36.6 Å². The molecule has 0 fully saturated rings. The van der Waals surface area contributed by atoms with Crippen molar-refractivity contribution in [3.63, 3.8) is 0 Å². The van der Waals surface area contributed by atoms with E-state index in [0.717, 1.165) is 5.56 Å². The summed E-state index contributed by atoms with van der Waals surface area (Å²) in [5.41, 5.74) is 1.14. The van der Waals surface area contributed by atoms with Crippen LogP contribution in [0, 0.1) is 0 Å². The van der Waals surface area contributed by atoms with Gasteiger partial charge in [-0.25, -0.2) is 4.79 Å². The van der Waals surface area contributed by atoms with E-state index in [1.807, 2.05) is 6.07 Å². The number of ether oxygens (including phenoxy) is 1. The van der Waals surface area contributed by atoms with Crippen molar-refractivity contribution in [3.05, 3.63) is 57.2 Å². The van der Waals surface area contributed by atoms with Crippen LogP contribution in [-0.2, 0) is 16.1 Å². The second kappa shape index (κ2) is 7.63. The number of nitrogens with zero attached hydrogens (tertiary/aromatic N) is 1. The van der Waals surface area contributed by atoms with E-state index in [4.69, 9.17) is 4.74 Å². The van der Waals surface area contributed by atoms with Gasteiger partial charge in [0.15, 0.2) is 5.75 Å². The Morgan fingerprint density at radius 2 is 2.07 bits per heavy atom. The summed E-state index contributed by atoms with van der Waals surface area (Å²) in [6.07, 6.45) is 0. The van der Waals surface area contributed by atoms with Crippen LogP contribution in [0.3, 0.4) is 0 Å². The highest BCUT2D eigenvalue weighted by Gasteiger charge is 2.23. The van der Waals surface area contributed by atoms with E-state index < -0.39 is 17.3 Å². The summed E-state index contributed by atoms with van der Waals surface area (Å²) >= 11 is 1.25. The van der Waals surface area contributed by atoms with Gasteiger partial charge in [-0.05, 0) is 36.1 Å². The molecule has 0 radical (unpaired) electrons. The molecule has 3 aromatic rings. The Bertz CT molecular complexity index is 1080. The third-order valence-corrected chi connectivity index (χ3v) is 4.84. The number of aromatic hydroxyl groups is 1. The second-order valence-electron chi connectivity index (χ2n) is 5.85. The highest BCUT2D eigenvalue weighted by molar-refractivity contribution is 7.17. The number of hydrogen-bond donors (Lipinski definition) is 2. The molecule has 27 heavy (non-hydrogen) atoms. The summed E-state index contributed by atoms with van der Waals surface area (Å²) in [6, 6.07) is 8.80. The van der Waals surface area contributed by atoms with Gasteiger partial charge in [-0.1, -0.05) is 12.1 Å². The first-order chi connectivity index (χ1) is 12.9. The van der Waals surface area contributed by atoms with Crippen LogP contribution in [0.2, 0.25) is 0 Å². The molecule has 0 spiro atoms. The highest BCUT2D eigenvalue weighted by atomic mass is 32.1. The number of hydrogen-bond acceptors (Lipinski definition) is 6. The molecule has 0 aliphatic heterocycles. The normalized spacial score (nSPS) is 10.7. The minimum absolute atomic E-state index is 0.102. The number of nitrogens with one attached hydrogen (secondary N) is 1. The number of amides is 1. The fraction of sp³-hybridized carbons (Fsp3) is 0.211. The first-order valence-corrected chi connectivity index (χ1v) is 9.17. The van der Waals surface area contributed by atoms with Gasteiger partial charge in [0.2, 0.25) is 5.91 Å². The number of benzene rings is 1. The third-order valence-electron chi connectivity index (χ3n) is 3.91. The molecule has 0 aliphatic rings. The Hall–Kier alpha value is -3.13. The number of thiophene rings is 1. The van der Waals surface area contributed by atoms with Crippen molar-refractivity contribution in [2.75, 3.05) is 11.9 Å². The smallest absolute Gasteiger partial charge is 0.343 e. The predicted molar refractivity (Wildman–Crippen MR) is 104 cm³/mol. The number of carbonyl (C=O) groups is 2. The van der Waals surface area contributed by atoms with Crippen LogP contribution >= 0.6 is 11.3 Å². The molecule has 1 amide bonds. The van der Waals surface area contributed by atoms with Crippen LogP contribution in [0.4, 0.5) is 5.69 Å². The van der Waals surface area contributed by atoms with Crippen molar-refractivity contribution in [2.24, 2.45) is 0 Å². The van der Waals surface area contributed by atoms with Gasteiger partial charge in [0.25, 0.3) is 5.56 Å². The molecule has 7 nitrogen and oxygen atoms in total. The zero-order chi connectivity index (χ0) is 19.6. The SMILES string of the molecule is CCOC(=O)c1c(O)c(=O)n(Cc2cccc(NC(C)=O)c2)c2ccsc12. The average Bonchev–Trinajstić information content (AvgIpc) is 3.08. The molecule has 0 saturated heterocycles. The third kappa shape index (κ3) is 3.70. The van der Waals surface area contributed by atoms with Gasteiger partial charge in [-0.15, -0.1) is 11.3 Å². The molecule has 1 aromatic carbocycles. The van der Waals surface area contributed by atoms with Crippen LogP contribution in [-0.4, -0.2) is 28.2 Å². The van der Waals surface area contributed by atoms with Crippen LogP contribution in [0.1, 0.15) is 29.8 Å². The number of carbonyl (C=O) groups excluding carboxylic acids is 2. The fourth-order valence-electron chi connectivity index (χ4n) is 2.84. The molecule has 0 saturated carbocycles. The number of fused-ring (bicyclic) bond motifs is 1. The summed E-state index contributed by atoms with van der Waals surface area (Å²) in [5, 5.41) is 14.8. The van der Waals surface area contributed by atoms with E-state index in [-0.39, 0.29) is 24.6 Å². The summed E-state index contributed by atoms with van der Waals surface area (Å²) in [5.74, 6) is -1.54. The Kier molecular flexibility index (Phi) is 5.27. The van der Waals surface area contributed by atoms with E-state index >= 15 is 0 Å². The Balaban J connectivity index is 2.09. The van der Waals surface area contributed by atoms with Crippen molar-refractivity contribution in [3.8, 4) is 5.75 Å². The summed E-state index contributed by atoms with van der Waals surface area (Å²) in [6.45, 7) is 3.39. The summed E-state index contributed by atoms with van der Waals surface area (Å²) in [7, 11) is 0. The molecule has 140 valence electrons. The molecular weight excluding hydrogens is 368 g/mol. The predicted octanol–water partition coefficient (Wildman–Crippen LogP) is 2.95. The number of pyridine rings is 1. The molecule has 2 N–H and O–H groups in total. The maximum absolute atomic E-state index is 12.7. The molecule has 3 rings (SSSR count). The van der Waals surface area contributed by atoms with Crippen molar-refractivity contribution in [1.29, 1.82) is 0 Å². The minimum Gasteiger partial charge on any atom is -0.502 e. The maximum atomic E-state index is 12.7. The molecule has 0 aliphatic carbocycles. The van der Waals surface area contributed by atoms with E-state index in [1.165, 1.54) is 22.8 Å². The van der Waals surface area contributed by atoms with Gasteiger partial charge < -0.3 is 15.2 Å². The standard InChI is InChI=1S/C19H18N2O5S/c1-3-26-19(25)15-16(23)18(24)21(14-7-8-27-17(14)15)10-12-5-4-6-13(9-12)20-11(2)22/h4-9,23H,3,10H2,1-2H3,(H,20,22). The first-order valence-electron chi connectivity index (χ1n) is 8.29. The van der Waals surface area contributed by atoms with Gasteiger partial charge in [-0.3, -0.25) is 14.2 Å².